The molecule has 0 saturated heterocycles. The minimum atomic E-state index is -0.683. The summed E-state index contributed by atoms with van der Waals surface area (Å²) in [5.41, 5.74) is 6.02. The fourth-order valence-electron chi connectivity index (χ4n) is 2.18. The molecule has 0 aliphatic carbocycles. The van der Waals surface area contributed by atoms with Crippen LogP contribution < -0.4 is 11.1 Å². The van der Waals surface area contributed by atoms with Gasteiger partial charge in [0.25, 0.3) is 0 Å². The molecule has 0 aliphatic heterocycles. The average molecular weight is 288 g/mol. The molecule has 0 spiro atoms. The molecule has 3 N–H and O–H groups in total. The second-order valence-corrected chi connectivity index (χ2v) is 5.06. The maximum absolute atomic E-state index is 11.5. The van der Waals surface area contributed by atoms with Crippen molar-refractivity contribution in [3.63, 3.8) is 0 Å². The lowest BCUT2D eigenvalue weighted by Gasteiger charge is -2.20. The van der Waals surface area contributed by atoms with Crippen LogP contribution in [0.15, 0.2) is 30.5 Å². The summed E-state index contributed by atoms with van der Waals surface area (Å²) in [4.78, 5) is 26.5. The van der Waals surface area contributed by atoms with Gasteiger partial charge < -0.3 is 11.1 Å². The van der Waals surface area contributed by atoms with E-state index in [2.05, 4.69) is 10.3 Å². The average Bonchev–Trinajstić information content (AvgIpc) is 2.42. The van der Waals surface area contributed by atoms with Crippen LogP contribution >= 0.6 is 0 Å². The van der Waals surface area contributed by atoms with Gasteiger partial charge in [0.15, 0.2) is 0 Å². The third kappa shape index (κ3) is 2.91. The zero-order chi connectivity index (χ0) is 15.6. The first-order valence-electron chi connectivity index (χ1n) is 6.49. The van der Waals surface area contributed by atoms with Gasteiger partial charge in [-0.15, -0.1) is 0 Å². The molecule has 7 heteroatoms. The normalized spacial score (nSPS) is 12.3. The number of carbonyl (C=O) groups excluding carboxylic acids is 1. The van der Waals surface area contributed by atoms with Crippen LogP contribution in [0.3, 0.4) is 0 Å². The number of anilines is 1. The third-order valence-electron chi connectivity index (χ3n) is 3.22. The molecule has 2 rings (SSSR count). The van der Waals surface area contributed by atoms with Gasteiger partial charge in [-0.3, -0.25) is 19.9 Å². The zero-order valence-electron chi connectivity index (χ0n) is 11.7. The van der Waals surface area contributed by atoms with Crippen molar-refractivity contribution in [3.8, 4) is 0 Å². The molecular formula is C14H16N4O3. The Morgan fingerprint density at radius 1 is 1.38 bits per heavy atom. The van der Waals surface area contributed by atoms with Crippen molar-refractivity contribution in [2.75, 3.05) is 5.32 Å². The van der Waals surface area contributed by atoms with E-state index in [4.69, 9.17) is 5.73 Å². The molecule has 1 atom stereocenters. The number of nitrogens with one attached hydrogen (secondary N) is 1. The van der Waals surface area contributed by atoms with Crippen molar-refractivity contribution in [2.24, 2.45) is 11.7 Å². The lowest BCUT2D eigenvalue weighted by Crippen LogP contribution is -2.39. The highest BCUT2D eigenvalue weighted by Crippen LogP contribution is 2.33. The molecule has 0 fully saturated rings. The molecule has 21 heavy (non-hydrogen) atoms. The van der Waals surface area contributed by atoms with E-state index < -0.39 is 16.9 Å². The second-order valence-electron chi connectivity index (χ2n) is 5.06. The van der Waals surface area contributed by atoms with E-state index >= 15 is 0 Å². The largest absolute Gasteiger partial charge is 0.368 e. The lowest BCUT2D eigenvalue weighted by atomic mass is 10.0. The molecule has 2 aromatic rings. The van der Waals surface area contributed by atoms with Gasteiger partial charge >= 0.3 is 5.69 Å². The maximum atomic E-state index is 11.5. The minimum Gasteiger partial charge on any atom is -0.368 e. The molecule has 0 bridgehead atoms. The van der Waals surface area contributed by atoms with Crippen molar-refractivity contribution >= 4 is 28.2 Å². The Labute approximate surface area is 121 Å². The number of pyridine rings is 1. The van der Waals surface area contributed by atoms with E-state index in [1.807, 2.05) is 13.8 Å². The molecule has 110 valence electrons. The lowest BCUT2D eigenvalue weighted by molar-refractivity contribution is -0.382. The van der Waals surface area contributed by atoms with E-state index in [0.29, 0.717) is 10.9 Å². The van der Waals surface area contributed by atoms with E-state index in [0.717, 1.165) is 0 Å². The minimum absolute atomic E-state index is 0.0910. The van der Waals surface area contributed by atoms with E-state index in [-0.39, 0.29) is 17.3 Å². The molecule has 1 unspecified atom stereocenters. The van der Waals surface area contributed by atoms with Gasteiger partial charge in [0, 0.05) is 6.20 Å². The predicted octanol–water partition coefficient (Wildman–Crippen LogP) is 2.06. The Bertz CT molecular complexity index is 700. The Balaban J connectivity index is 2.56. The highest BCUT2D eigenvalue weighted by Gasteiger charge is 2.25. The van der Waals surface area contributed by atoms with Gasteiger partial charge in [-0.25, -0.2) is 0 Å². The number of nitro groups is 1. The van der Waals surface area contributed by atoms with Crippen LogP contribution in [0.25, 0.3) is 10.9 Å². The van der Waals surface area contributed by atoms with Gasteiger partial charge in [-0.05, 0) is 30.2 Å². The van der Waals surface area contributed by atoms with Crippen LogP contribution in [0, 0.1) is 16.0 Å². The molecule has 1 heterocycles. The SMILES string of the molecule is CC(C)C(Nc1ccc2ncccc2c1[N+](=O)[O-])C(N)=O. The maximum Gasteiger partial charge on any atom is 0.301 e. The third-order valence-corrected chi connectivity index (χ3v) is 3.22. The predicted molar refractivity (Wildman–Crippen MR) is 79.8 cm³/mol. The highest BCUT2D eigenvalue weighted by atomic mass is 16.6. The number of fused-ring (bicyclic) bond motifs is 1. The molecule has 0 saturated carbocycles. The molecule has 1 amide bonds. The monoisotopic (exact) mass is 288 g/mol. The number of carbonyl (C=O) groups is 1. The van der Waals surface area contributed by atoms with Crippen LogP contribution in [-0.4, -0.2) is 21.9 Å². The zero-order valence-corrected chi connectivity index (χ0v) is 11.7. The molecule has 1 aromatic heterocycles. The standard InChI is InChI=1S/C14H16N4O3/c1-8(2)12(14(15)19)17-11-6-5-10-9(4-3-7-16-10)13(11)18(20)21/h3-8,12,17H,1-2H3,(H2,15,19). The number of hydrogen-bond acceptors (Lipinski definition) is 5. The van der Waals surface area contributed by atoms with Gasteiger partial charge in [0.1, 0.15) is 11.7 Å². The van der Waals surface area contributed by atoms with Crippen LogP contribution in [-0.2, 0) is 4.79 Å². The number of nitro benzene ring substituents is 1. The topological polar surface area (TPSA) is 111 Å². The summed E-state index contributed by atoms with van der Waals surface area (Å²) >= 11 is 0. The fraction of sp³-hybridized carbons (Fsp3) is 0.286. The first-order chi connectivity index (χ1) is 9.91. The number of aromatic nitrogens is 1. The quantitative estimate of drug-likeness (QED) is 0.646. The molecular weight excluding hydrogens is 272 g/mol. The summed E-state index contributed by atoms with van der Waals surface area (Å²) in [7, 11) is 0. The van der Waals surface area contributed by atoms with E-state index in [9.17, 15) is 14.9 Å². The van der Waals surface area contributed by atoms with Gasteiger partial charge in [0.05, 0.1) is 15.8 Å². The first kappa shape index (κ1) is 14.7. The van der Waals surface area contributed by atoms with E-state index in [1.165, 1.54) is 0 Å². The van der Waals surface area contributed by atoms with E-state index in [1.54, 1.807) is 30.5 Å². The molecule has 7 nitrogen and oxygen atoms in total. The highest BCUT2D eigenvalue weighted by molar-refractivity contribution is 5.95. The van der Waals surface area contributed by atoms with Crippen molar-refractivity contribution in [3.05, 3.63) is 40.6 Å². The molecule has 0 aliphatic rings. The van der Waals surface area contributed by atoms with Crippen LogP contribution in [0.1, 0.15) is 13.8 Å². The van der Waals surface area contributed by atoms with Crippen molar-refractivity contribution < 1.29 is 9.72 Å². The number of nitrogens with zero attached hydrogens (tertiary/aromatic N) is 2. The number of primary amides is 1. The van der Waals surface area contributed by atoms with Gasteiger partial charge in [-0.2, -0.15) is 0 Å². The number of nitrogens with two attached hydrogens (primary N) is 1. The number of benzene rings is 1. The Morgan fingerprint density at radius 2 is 2.10 bits per heavy atom. The summed E-state index contributed by atoms with van der Waals surface area (Å²) in [6.45, 7) is 3.63. The van der Waals surface area contributed by atoms with Crippen molar-refractivity contribution in [1.29, 1.82) is 0 Å². The Kier molecular flexibility index (Phi) is 4.02. The molecule has 0 radical (unpaired) electrons. The summed E-state index contributed by atoms with van der Waals surface area (Å²) < 4.78 is 0. The summed E-state index contributed by atoms with van der Waals surface area (Å²) in [5, 5.41) is 14.7. The van der Waals surface area contributed by atoms with Crippen LogP contribution in [0.5, 0.6) is 0 Å². The second kappa shape index (κ2) is 5.74. The van der Waals surface area contributed by atoms with Crippen molar-refractivity contribution in [2.45, 2.75) is 19.9 Å². The fourth-order valence-corrected chi connectivity index (χ4v) is 2.18. The Morgan fingerprint density at radius 3 is 2.67 bits per heavy atom. The van der Waals surface area contributed by atoms with Crippen molar-refractivity contribution in [1.82, 2.24) is 4.98 Å². The summed E-state index contributed by atoms with van der Waals surface area (Å²) in [6, 6.07) is 5.79. The van der Waals surface area contributed by atoms with Gasteiger partial charge in [-0.1, -0.05) is 13.8 Å². The number of amides is 1. The first-order valence-corrected chi connectivity index (χ1v) is 6.49. The molecule has 1 aromatic carbocycles. The summed E-state index contributed by atoms with van der Waals surface area (Å²) in [6.07, 6.45) is 1.57. The summed E-state index contributed by atoms with van der Waals surface area (Å²) in [5.74, 6) is -0.641. The van der Waals surface area contributed by atoms with Gasteiger partial charge in [0.2, 0.25) is 5.91 Å². The van der Waals surface area contributed by atoms with Crippen LogP contribution in [0.2, 0.25) is 0 Å². The Hall–Kier alpha value is -2.70. The smallest absolute Gasteiger partial charge is 0.301 e. The van der Waals surface area contributed by atoms with Crippen LogP contribution in [0.4, 0.5) is 11.4 Å². The number of rotatable bonds is 5. The number of hydrogen-bond donors (Lipinski definition) is 2.